The smallest absolute Gasteiger partial charge is 0.230 e. The van der Waals surface area contributed by atoms with Gasteiger partial charge >= 0.3 is 0 Å². The lowest BCUT2D eigenvalue weighted by Gasteiger charge is -2.14. The van der Waals surface area contributed by atoms with Crippen LogP contribution < -0.4 is 15.0 Å². The highest BCUT2D eigenvalue weighted by atomic mass is 79.9. The van der Waals surface area contributed by atoms with Crippen LogP contribution in [0.15, 0.2) is 28.7 Å². The van der Waals surface area contributed by atoms with E-state index in [2.05, 4.69) is 57.4 Å². The lowest BCUT2D eigenvalue weighted by molar-refractivity contribution is 0.393. The molecule has 1 aromatic heterocycles. The number of halogens is 1. The standard InChI is InChI=1S/C15H20BrN3OS/c1-10(11-5-7-12(16)8-6-11)17-9-13-14(20-4)18-15(21-13)19(2)3/h5-8,10,17H,9H2,1-4H3/t10-/m1/s1. The van der Waals surface area contributed by atoms with Crippen LogP contribution in [0.4, 0.5) is 5.13 Å². The number of benzene rings is 1. The number of nitrogens with one attached hydrogen (secondary N) is 1. The molecule has 4 nitrogen and oxygen atoms in total. The maximum atomic E-state index is 5.36. The van der Waals surface area contributed by atoms with Crippen LogP contribution >= 0.6 is 27.3 Å². The van der Waals surface area contributed by atoms with E-state index < -0.39 is 0 Å². The summed E-state index contributed by atoms with van der Waals surface area (Å²) in [7, 11) is 5.63. The van der Waals surface area contributed by atoms with Crippen molar-refractivity contribution in [2.45, 2.75) is 19.5 Å². The molecule has 1 heterocycles. The molecule has 0 aliphatic carbocycles. The van der Waals surface area contributed by atoms with Crippen molar-refractivity contribution < 1.29 is 4.74 Å². The Morgan fingerprint density at radius 1 is 1.33 bits per heavy atom. The van der Waals surface area contributed by atoms with E-state index in [1.807, 2.05) is 19.0 Å². The lowest BCUT2D eigenvalue weighted by Crippen LogP contribution is -2.17. The van der Waals surface area contributed by atoms with Gasteiger partial charge in [-0.2, -0.15) is 4.98 Å². The maximum Gasteiger partial charge on any atom is 0.230 e. The van der Waals surface area contributed by atoms with Gasteiger partial charge in [0.25, 0.3) is 0 Å². The second-order valence-electron chi connectivity index (χ2n) is 4.98. The molecule has 0 unspecified atom stereocenters. The van der Waals surface area contributed by atoms with Crippen LogP contribution in [0.2, 0.25) is 0 Å². The van der Waals surface area contributed by atoms with E-state index in [9.17, 15) is 0 Å². The number of nitrogens with zero attached hydrogens (tertiary/aromatic N) is 2. The van der Waals surface area contributed by atoms with Gasteiger partial charge in [-0.25, -0.2) is 0 Å². The number of methoxy groups -OCH3 is 1. The SMILES string of the molecule is COc1nc(N(C)C)sc1CN[C@H](C)c1ccc(Br)cc1. The molecule has 0 amide bonds. The van der Waals surface area contributed by atoms with Crippen molar-refractivity contribution in [3.63, 3.8) is 0 Å². The Labute approximate surface area is 138 Å². The Balaban J connectivity index is 2.03. The van der Waals surface area contributed by atoms with E-state index in [1.54, 1.807) is 18.4 Å². The molecule has 0 aliphatic heterocycles. The Morgan fingerprint density at radius 3 is 2.57 bits per heavy atom. The van der Waals surface area contributed by atoms with Gasteiger partial charge < -0.3 is 15.0 Å². The summed E-state index contributed by atoms with van der Waals surface area (Å²) < 4.78 is 6.45. The van der Waals surface area contributed by atoms with Gasteiger partial charge in [-0.05, 0) is 24.6 Å². The molecule has 0 fully saturated rings. The fourth-order valence-electron chi connectivity index (χ4n) is 1.90. The fraction of sp³-hybridized carbons (Fsp3) is 0.400. The normalized spacial score (nSPS) is 12.2. The summed E-state index contributed by atoms with van der Waals surface area (Å²) in [5.41, 5.74) is 1.26. The highest BCUT2D eigenvalue weighted by molar-refractivity contribution is 9.10. The van der Waals surface area contributed by atoms with Crippen molar-refractivity contribution >= 4 is 32.4 Å². The van der Waals surface area contributed by atoms with Gasteiger partial charge in [-0.3, -0.25) is 0 Å². The zero-order valence-corrected chi connectivity index (χ0v) is 15.1. The molecule has 1 N–H and O–H groups in total. The maximum absolute atomic E-state index is 5.36. The van der Waals surface area contributed by atoms with Crippen molar-refractivity contribution in [3.05, 3.63) is 39.2 Å². The number of hydrogen-bond donors (Lipinski definition) is 1. The molecule has 1 aromatic carbocycles. The minimum Gasteiger partial charge on any atom is -0.480 e. The monoisotopic (exact) mass is 369 g/mol. The van der Waals surface area contributed by atoms with Crippen molar-refractivity contribution in [2.24, 2.45) is 0 Å². The third-order valence-corrected chi connectivity index (χ3v) is 4.90. The fourth-order valence-corrected chi connectivity index (χ4v) is 3.07. The zero-order chi connectivity index (χ0) is 15.4. The van der Waals surface area contributed by atoms with E-state index in [-0.39, 0.29) is 6.04 Å². The topological polar surface area (TPSA) is 37.4 Å². The molecule has 2 aromatic rings. The number of hydrogen-bond acceptors (Lipinski definition) is 5. The van der Waals surface area contributed by atoms with Gasteiger partial charge in [0, 0.05) is 31.2 Å². The summed E-state index contributed by atoms with van der Waals surface area (Å²) in [6, 6.07) is 8.64. The Morgan fingerprint density at radius 2 is 2.00 bits per heavy atom. The summed E-state index contributed by atoms with van der Waals surface area (Å²) in [6.45, 7) is 2.90. The first-order valence-corrected chi connectivity index (χ1v) is 8.32. The number of thiazole rings is 1. The van der Waals surface area contributed by atoms with Crippen molar-refractivity contribution in [1.82, 2.24) is 10.3 Å². The van der Waals surface area contributed by atoms with Gasteiger partial charge in [0.2, 0.25) is 5.88 Å². The molecule has 0 radical (unpaired) electrons. The van der Waals surface area contributed by atoms with E-state index in [1.165, 1.54) is 5.56 Å². The van der Waals surface area contributed by atoms with Gasteiger partial charge in [0.05, 0.1) is 12.0 Å². The first kappa shape index (κ1) is 16.3. The van der Waals surface area contributed by atoms with Crippen LogP contribution in [0.3, 0.4) is 0 Å². The number of aromatic nitrogens is 1. The molecule has 2 rings (SSSR count). The van der Waals surface area contributed by atoms with E-state index >= 15 is 0 Å². The second kappa shape index (κ2) is 7.24. The Kier molecular flexibility index (Phi) is 5.61. The first-order valence-electron chi connectivity index (χ1n) is 6.71. The van der Waals surface area contributed by atoms with Gasteiger partial charge in [0.15, 0.2) is 5.13 Å². The molecule has 21 heavy (non-hydrogen) atoms. The molecular weight excluding hydrogens is 350 g/mol. The van der Waals surface area contributed by atoms with Crippen molar-refractivity contribution in [3.8, 4) is 5.88 Å². The highest BCUT2D eigenvalue weighted by Gasteiger charge is 2.14. The van der Waals surface area contributed by atoms with Crippen LogP contribution in [0.1, 0.15) is 23.4 Å². The summed E-state index contributed by atoms with van der Waals surface area (Å²) in [4.78, 5) is 7.58. The summed E-state index contributed by atoms with van der Waals surface area (Å²) in [6.07, 6.45) is 0. The number of rotatable bonds is 6. The van der Waals surface area contributed by atoms with Crippen molar-refractivity contribution in [2.75, 3.05) is 26.1 Å². The van der Waals surface area contributed by atoms with Crippen LogP contribution in [0, 0.1) is 0 Å². The third kappa shape index (κ3) is 4.18. The quantitative estimate of drug-likeness (QED) is 0.839. The highest BCUT2D eigenvalue weighted by Crippen LogP contribution is 2.30. The molecule has 0 saturated heterocycles. The Bertz CT molecular complexity index is 583. The predicted octanol–water partition coefficient (Wildman–Crippen LogP) is 3.83. The zero-order valence-electron chi connectivity index (χ0n) is 12.7. The molecule has 0 bridgehead atoms. The molecule has 0 saturated carbocycles. The Hall–Kier alpha value is -1.11. The molecule has 0 spiro atoms. The molecule has 0 aliphatic rings. The second-order valence-corrected chi connectivity index (χ2v) is 6.96. The minimum atomic E-state index is 0.271. The average Bonchev–Trinajstić information content (AvgIpc) is 2.89. The average molecular weight is 370 g/mol. The van der Waals surface area contributed by atoms with Gasteiger partial charge in [-0.1, -0.05) is 39.4 Å². The van der Waals surface area contributed by atoms with Crippen molar-refractivity contribution in [1.29, 1.82) is 0 Å². The van der Waals surface area contributed by atoms with E-state index in [0.717, 1.165) is 21.0 Å². The van der Waals surface area contributed by atoms with Crippen LogP contribution in [-0.2, 0) is 6.54 Å². The third-order valence-electron chi connectivity index (χ3n) is 3.16. The predicted molar refractivity (Wildman–Crippen MR) is 92.4 cm³/mol. The molecular formula is C15H20BrN3OS. The minimum absolute atomic E-state index is 0.271. The largest absolute Gasteiger partial charge is 0.480 e. The van der Waals surface area contributed by atoms with Gasteiger partial charge in [-0.15, -0.1) is 0 Å². The van der Waals surface area contributed by atoms with Gasteiger partial charge in [0.1, 0.15) is 0 Å². The first-order chi connectivity index (χ1) is 10.0. The van der Waals surface area contributed by atoms with Crippen LogP contribution in [-0.4, -0.2) is 26.2 Å². The lowest BCUT2D eigenvalue weighted by atomic mass is 10.1. The molecule has 1 atom stereocenters. The molecule has 6 heteroatoms. The summed E-state index contributed by atoms with van der Waals surface area (Å²) in [5, 5.41) is 4.48. The number of anilines is 1. The summed E-state index contributed by atoms with van der Waals surface area (Å²) in [5.74, 6) is 0.708. The number of ether oxygens (including phenoxy) is 1. The van der Waals surface area contributed by atoms with Crippen LogP contribution in [0.25, 0.3) is 0 Å². The van der Waals surface area contributed by atoms with E-state index in [4.69, 9.17) is 4.74 Å². The molecule has 114 valence electrons. The van der Waals surface area contributed by atoms with Crippen LogP contribution in [0.5, 0.6) is 5.88 Å². The summed E-state index contributed by atoms with van der Waals surface area (Å²) >= 11 is 5.11. The van der Waals surface area contributed by atoms with E-state index in [0.29, 0.717) is 5.88 Å².